The summed E-state index contributed by atoms with van der Waals surface area (Å²) < 4.78 is 11.2. The molecule has 1 atom stereocenters. The molecule has 0 amide bonds. The Hall–Kier alpha value is -1.07. The van der Waals surface area contributed by atoms with Crippen LogP contribution in [0.2, 0.25) is 0 Å². The SMILES string of the molecule is COC(=O)C(c1cc(Br)ccc1OC)N(C)C1CC1. The molecule has 1 aliphatic rings. The summed E-state index contributed by atoms with van der Waals surface area (Å²) in [6.45, 7) is 0. The van der Waals surface area contributed by atoms with E-state index in [1.165, 1.54) is 7.11 Å². The highest BCUT2D eigenvalue weighted by Crippen LogP contribution is 2.37. The zero-order chi connectivity index (χ0) is 14.0. The zero-order valence-corrected chi connectivity index (χ0v) is 12.9. The number of carbonyl (C=O) groups is 1. The van der Waals surface area contributed by atoms with Gasteiger partial charge in [-0.15, -0.1) is 0 Å². The van der Waals surface area contributed by atoms with E-state index in [9.17, 15) is 4.79 Å². The fourth-order valence-electron chi connectivity index (χ4n) is 2.24. The van der Waals surface area contributed by atoms with Gasteiger partial charge in [-0.3, -0.25) is 4.90 Å². The van der Waals surface area contributed by atoms with E-state index >= 15 is 0 Å². The summed E-state index contributed by atoms with van der Waals surface area (Å²) in [7, 11) is 4.98. The number of hydrogen-bond acceptors (Lipinski definition) is 4. The molecule has 0 radical (unpaired) electrons. The molecule has 0 N–H and O–H groups in total. The average Bonchev–Trinajstić information content (AvgIpc) is 3.23. The van der Waals surface area contributed by atoms with Gasteiger partial charge < -0.3 is 9.47 Å². The quantitative estimate of drug-likeness (QED) is 0.779. The second-order valence-electron chi connectivity index (χ2n) is 4.71. The lowest BCUT2D eigenvalue weighted by molar-refractivity contribution is -0.147. The van der Waals surface area contributed by atoms with Crippen LogP contribution in [0.5, 0.6) is 5.75 Å². The number of carbonyl (C=O) groups excluding carboxylic acids is 1. The first-order valence-corrected chi connectivity index (χ1v) is 7.01. The molecule has 19 heavy (non-hydrogen) atoms. The van der Waals surface area contributed by atoms with Crippen molar-refractivity contribution in [2.45, 2.75) is 24.9 Å². The van der Waals surface area contributed by atoms with E-state index in [-0.39, 0.29) is 5.97 Å². The molecule has 0 saturated heterocycles. The molecular formula is C14H18BrNO3. The third kappa shape index (κ3) is 3.09. The smallest absolute Gasteiger partial charge is 0.327 e. The minimum Gasteiger partial charge on any atom is -0.496 e. The number of rotatable bonds is 5. The van der Waals surface area contributed by atoms with Gasteiger partial charge in [-0.1, -0.05) is 15.9 Å². The Labute approximate surface area is 121 Å². The van der Waals surface area contributed by atoms with Gasteiger partial charge in [-0.05, 0) is 38.1 Å². The van der Waals surface area contributed by atoms with E-state index in [2.05, 4.69) is 20.8 Å². The molecule has 0 heterocycles. The molecule has 1 unspecified atom stereocenters. The maximum absolute atomic E-state index is 12.1. The standard InChI is InChI=1S/C14H18BrNO3/c1-16(10-5-6-10)13(14(17)19-3)11-8-9(15)4-7-12(11)18-2/h4,7-8,10,13H,5-6H2,1-3H3. The fourth-order valence-corrected chi connectivity index (χ4v) is 2.61. The highest BCUT2D eigenvalue weighted by Gasteiger charge is 2.37. The summed E-state index contributed by atoms with van der Waals surface area (Å²) in [6.07, 6.45) is 2.25. The lowest BCUT2D eigenvalue weighted by Crippen LogP contribution is -2.33. The van der Waals surface area contributed by atoms with E-state index in [1.807, 2.05) is 25.2 Å². The number of likely N-dealkylation sites (N-methyl/N-ethyl adjacent to an activating group) is 1. The highest BCUT2D eigenvalue weighted by molar-refractivity contribution is 9.10. The van der Waals surface area contributed by atoms with Gasteiger partial charge in [0.25, 0.3) is 0 Å². The molecule has 2 rings (SSSR count). The maximum atomic E-state index is 12.1. The molecule has 4 nitrogen and oxygen atoms in total. The topological polar surface area (TPSA) is 38.8 Å². The lowest BCUT2D eigenvalue weighted by atomic mass is 10.0. The van der Waals surface area contributed by atoms with Crippen molar-refractivity contribution in [1.29, 1.82) is 0 Å². The molecule has 0 bridgehead atoms. The normalized spacial score (nSPS) is 16.3. The second-order valence-corrected chi connectivity index (χ2v) is 5.62. The molecule has 5 heteroatoms. The Kier molecular flexibility index (Phi) is 4.47. The summed E-state index contributed by atoms with van der Waals surface area (Å²) in [4.78, 5) is 14.2. The maximum Gasteiger partial charge on any atom is 0.327 e. The number of nitrogens with zero attached hydrogens (tertiary/aromatic N) is 1. The first-order valence-electron chi connectivity index (χ1n) is 6.21. The second kappa shape index (κ2) is 5.92. The van der Waals surface area contributed by atoms with Gasteiger partial charge in [-0.25, -0.2) is 4.79 Å². The molecule has 1 saturated carbocycles. The van der Waals surface area contributed by atoms with E-state index in [4.69, 9.17) is 9.47 Å². The van der Waals surface area contributed by atoms with E-state index < -0.39 is 6.04 Å². The van der Waals surface area contributed by atoms with Crippen molar-refractivity contribution in [3.05, 3.63) is 28.2 Å². The summed E-state index contributed by atoms with van der Waals surface area (Å²) >= 11 is 3.44. The van der Waals surface area contributed by atoms with Gasteiger partial charge >= 0.3 is 5.97 Å². The highest BCUT2D eigenvalue weighted by atomic mass is 79.9. The van der Waals surface area contributed by atoms with Gasteiger partial charge in [-0.2, -0.15) is 0 Å². The summed E-state index contributed by atoms with van der Waals surface area (Å²) in [5, 5.41) is 0. The van der Waals surface area contributed by atoms with E-state index in [0.29, 0.717) is 11.8 Å². The van der Waals surface area contributed by atoms with E-state index in [0.717, 1.165) is 22.9 Å². The summed E-state index contributed by atoms with van der Waals surface area (Å²) in [6, 6.07) is 5.70. The monoisotopic (exact) mass is 327 g/mol. The summed E-state index contributed by atoms with van der Waals surface area (Å²) in [5.74, 6) is 0.442. The Morgan fingerprint density at radius 1 is 1.42 bits per heavy atom. The minimum absolute atomic E-state index is 0.259. The van der Waals surface area contributed by atoms with Crippen molar-refractivity contribution in [2.24, 2.45) is 0 Å². The van der Waals surface area contributed by atoms with Crippen molar-refractivity contribution in [1.82, 2.24) is 4.90 Å². The van der Waals surface area contributed by atoms with Crippen molar-refractivity contribution >= 4 is 21.9 Å². The van der Waals surface area contributed by atoms with Crippen LogP contribution in [0.25, 0.3) is 0 Å². The number of methoxy groups -OCH3 is 2. The molecule has 1 aromatic carbocycles. The molecule has 1 aliphatic carbocycles. The first kappa shape index (κ1) is 14.3. The summed E-state index contributed by atoms with van der Waals surface area (Å²) in [5.41, 5.74) is 0.832. The predicted octanol–water partition coefficient (Wildman–Crippen LogP) is 2.77. The van der Waals surface area contributed by atoms with Crippen LogP contribution in [0.3, 0.4) is 0 Å². The van der Waals surface area contributed by atoms with Crippen molar-refractivity contribution in [2.75, 3.05) is 21.3 Å². The third-order valence-electron chi connectivity index (χ3n) is 3.44. The van der Waals surface area contributed by atoms with Gasteiger partial charge in [0.2, 0.25) is 0 Å². The Morgan fingerprint density at radius 3 is 2.63 bits per heavy atom. The number of halogens is 1. The number of esters is 1. The minimum atomic E-state index is -0.426. The largest absolute Gasteiger partial charge is 0.496 e. The Morgan fingerprint density at radius 2 is 2.11 bits per heavy atom. The van der Waals surface area contributed by atoms with Crippen LogP contribution in [0.1, 0.15) is 24.4 Å². The van der Waals surface area contributed by atoms with E-state index in [1.54, 1.807) is 7.11 Å². The van der Waals surface area contributed by atoms with Crippen LogP contribution in [0.4, 0.5) is 0 Å². The van der Waals surface area contributed by atoms with Crippen LogP contribution in [-0.2, 0) is 9.53 Å². The average molecular weight is 328 g/mol. The van der Waals surface area contributed by atoms with Gasteiger partial charge in [0.05, 0.1) is 14.2 Å². The van der Waals surface area contributed by atoms with Gasteiger partial charge in [0, 0.05) is 16.1 Å². The van der Waals surface area contributed by atoms with Crippen molar-refractivity contribution < 1.29 is 14.3 Å². The zero-order valence-electron chi connectivity index (χ0n) is 11.4. The number of hydrogen-bond donors (Lipinski definition) is 0. The number of benzene rings is 1. The Balaban J connectivity index is 2.41. The van der Waals surface area contributed by atoms with Crippen LogP contribution in [0, 0.1) is 0 Å². The van der Waals surface area contributed by atoms with Crippen LogP contribution < -0.4 is 4.74 Å². The van der Waals surface area contributed by atoms with Crippen molar-refractivity contribution in [3.63, 3.8) is 0 Å². The third-order valence-corrected chi connectivity index (χ3v) is 3.93. The predicted molar refractivity (Wildman–Crippen MR) is 76.2 cm³/mol. The number of ether oxygens (including phenoxy) is 2. The molecular weight excluding hydrogens is 310 g/mol. The molecule has 0 spiro atoms. The van der Waals surface area contributed by atoms with Crippen LogP contribution in [-0.4, -0.2) is 38.2 Å². The van der Waals surface area contributed by atoms with Crippen molar-refractivity contribution in [3.8, 4) is 5.75 Å². The van der Waals surface area contributed by atoms with Gasteiger partial charge in [0.15, 0.2) is 0 Å². The molecule has 0 aliphatic heterocycles. The molecule has 1 fully saturated rings. The molecule has 0 aromatic heterocycles. The molecule has 104 valence electrons. The van der Waals surface area contributed by atoms with Gasteiger partial charge in [0.1, 0.15) is 11.8 Å². The van der Waals surface area contributed by atoms with Crippen LogP contribution >= 0.6 is 15.9 Å². The fraction of sp³-hybridized carbons (Fsp3) is 0.500. The first-order chi connectivity index (χ1) is 9.08. The van der Waals surface area contributed by atoms with Crippen LogP contribution in [0.15, 0.2) is 22.7 Å². The Bertz CT molecular complexity index is 474. The lowest BCUT2D eigenvalue weighted by Gasteiger charge is -2.27. The molecule has 1 aromatic rings.